The minimum absolute atomic E-state index is 0.0198. The van der Waals surface area contributed by atoms with Gasteiger partial charge in [0.05, 0.1) is 11.0 Å². The molecule has 2 N–H and O–H groups in total. The molecule has 7 heteroatoms. The second kappa shape index (κ2) is 7.95. The number of aliphatic hydroxyl groups excluding tert-OH is 1. The van der Waals surface area contributed by atoms with Crippen molar-refractivity contribution < 1.29 is 14.8 Å². The number of benzene rings is 1. The third kappa shape index (κ3) is 4.68. The maximum atomic E-state index is 11.9. The molecule has 6 nitrogen and oxygen atoms in total. The summed E-state index contributed by atoms with van der Waals surface area (Å²) in [7, 11) is 0. The molecule has 0 spiro atoms. The Morgan fingerprint density at radius 1 is 1.43 bits per heavy atom. The Balaban J connectivity index is 2.72. The number of nitro groups is 1. The van der Waals surface area contributed by atoms with Crippen LogP contribution in [0.15, 0.2) is 18.2 Å². The number of carbonyl (C=O) groups is 1. The third-order valence-electron chi connectivity index (χ3n) is 3.47. The molecule has 1 atom stereocenters. The second-order valence-electron chi connectivity index (χ2n) is 4.78. The van der Waals surface area contributed by atoms with Crippen LogP contribution in [-0.2, 0) is 0 Å². The summed E-state index contributed by atoms with van der Waals surface area (Å²) in [5.41, 5.74) is -0.173. The molecule has 0 saturated carbocycles. The minimum Gasteiger partial charge on any atom is -0.391 e. The van der Waals surface area contributed by atoms with E-state index in [1.807, 2.05) is 13.8 Å². The van der Waals surface area contributed by atoms with Gasteiger partial charge in [-0.15, -0.1) is 0 Å². The SMILES string of the molecule is CCC(CC)C(O)CNC(=O)c1ccc(Cl)c([N+](=O)[O-])c1. The zero-order chi connectivity index (χ0) is 16.0. The van der Waals surface area contributed by atoms with E-state index in [-0.39, 0.29) is 28.7 Å². The maximum absolute atomic E-state index is 11.9. The molecule has 0 aliphatic carbocycles. The molecule has 1 aromatic carbocycles. The first-order valence-corrected chi connectivity index (χ1v) is 7.18. The van der Waals surface area contributed by atoms with E-state index in [1.165, 1.54) is 12.1 Å². The van der Waals surface area contributed by atoms with E-state index in [2.05, 4.69) is 5.32 Å². The van der Waals surface area contributed by atoms with Crippen LogP contribution < -0.4 is 5.32 Å². The summed E-state index contributed by atoms with van der Waals surface area (Å²) in [5, 5.41) is 23.3. The van der Waals surface area contributed by atoms with E-state index in [9.17, 15) is 20.0 Å². The highest BCUT2D eigenvalue weighted by Gasteiger charge is 2.19. The molecular formula is C14H19ClN2O4. The highest BCUT2D eigenvalue weighted by molar-refractivity contribution is 6.32. The van der Waals surface area contributed by atoms with E-state index in [4.69, 9.17) is 11.6 Å². The number of nitro benzene ring substituents is 1. The van der Waals surface area contributed by atoms with Gasteiger partial charge in [0.2, 0.25) is 0 Å². The molecule has 1 rings (SSSR count). The number of nitrogens with one attached hydrogen (secondary N) is 1. The standard InChI is InChI=1S/C14H19ClN2O4/c1-3-9(4-2)13(18)8-16-14(19)10-5-6-11(15)12(7-10)17(20)21/h5-7,9,13,18H,3-4,8H2,1-2H3,(H,16,19). The molecule has 0 heterocycles. The van der Waals surface area contributed by atoms with Gasteiger partial charge in [-0.2, -0.15) is 0 Å². The number of rotatable bonds is 7. The van der Waals surface area contributed by atoms with E-state index in [0.717, 1.165) is 18.9 Å². The van der Waals surface area contributed by atoms with Crippen LogP contribution in [0.2, 0.25) is 5.02 Å². The van der Waals surface area contributed by atoms with Crippen LogP contribution in [0, 0.1) is 16.0 Å². The molecule has 0 fully saturated rings. The van der Waals surface area contributed by atoms with Crippen LogP contribution >= 0.6 is 11.6 Å². The third-order valence-corrected chi connectivity index (χ3v) is 3.79. The maximum Gasteiger partial charge on any atom is 0.288 e. The number of aliphatic hydroxyl groups is 1. The lowest BCUT2D eigenvalue weighted by Gasteiger charge is -2.20. The van der Waals surface area contributed by atoms with E-state index < -0.39 is 16.9 Å². The van der Waals surface area contributed by atoms with Crippen molar-refractivity contribution in [3.05, 3.63) is 38.9 Å². The highest BCUT2D eigenvalue weighted by atomic mass is 35.5. The van der Waals surface area contributed by atoms with E-state index >= 15 is 0 Å². The van der Waals surface area contributed by atoms with Gasteiger partial charge in [-0.05, 0) is 18.1 Å². The monoisotopic (exact) mass is 314 g/mol. The summed E-state index contributed by atoms with van der Waals surface area (Å²) in [6.07, 6.45) is 1.01. The quantitative estimate of drug-likeness (QED) is 0.598. The van der Waals surface area contributed by atoms with Crippen LogP contribution in [0.3, 0.4) is 0 Å². The fourth-order valence-electron chi connectivity index (χ4n) is 2.09. The zero-order valence-electron chi connectivity index (χ0n) is 12.0. The van der Waals surface area contributed by atoms with Crippen LogP contribution in [0.1, 0.15) is 37.0 Å². The Hall–Kier alpha value is -1.66. The highest BCUT2D eigenvalue weighted by Crippen LogP contribution is 2.25. The fraction of sp³-hybridized carbons (Fsp3) is 0.500. The summed E-state index contributed by atoms with van der Waals surface area (Å²) in [4.78, 5) is 22.1. The number of hydrogen-bond donors (Lipinski definition) is 2. The Morgan fingerprint density at radius 2 is 2.05 bits per heavy atom. The van der Waals surface area contributed by atoms with Gasteiger partial charge in [-0.1, -0.05) is 38.3 Å². The van der Waals surface area contributed by atoms with Crippen LogP contribution in [0.25, 0.3) is 0 Å². The van der Waals surface area contributed by atoms with Gasteiger partial charge in [0, 0.05) is 18.2 Å². The first kappa shape index (κ1) is 17.4. The normalized spacial score (nSPS) is 12.2. The van der Waals surface area contributed by atoms with Crippen molar-refractivity contribution in [1.29, 1.82) is 0 Å². The van der Waals surface area contributed by atoms with Crippen molar-refractivity contribution in [2.45, 2.75) is 32.8 Å². The van der Waals surface area contributed by atoms with Crippen LogP contribution in [-0.4, -0.2) is 28.6 Å². The molecule has 0 aliphatic rings. The summed E-state index contributed by atoms with van der Waals surface area (Å²) in [6, 6.07) is 3.85. The van der Waals surface area contributed by atoms with Gasteiger partial charge in [0.1, 0.15) is 5.02 Å². The first-order valence-electron chi connectivity index (χ1n) is 6.80. The van der Waals surface area contributed by atoms with Gasteiger partial charge in [-0.25, -0.2) is 0 Å². The summed E-state index contributed by atoms with van der Waals surface area (Å²) < 4.78 is 0. The van der Waals surface area contributed by atoms with Crippen molar-refractivity contribution in [1.82, 2.24) is 5.32 Å². The molecule has 116 valence electrons. The molecule has 1 unspecified atom stereocenters. The summed E-state index contributed by atoms with van der Waals surface area (Å²) >= 11 is 5.69. The zero-order valence-corrected chi connectivity index (χ0v) is 12.8. The first-order chi connectivity index (χ1) is 9.90. The Labute approximate surface area is 128 Å². The average Bonchev–Trinajstić information content (AvgIpc) is 2.46. The van der Waals surface area contributed by atoms with Gasteiger partial charge < -0.3 is 10.4 Å². The molecule has 1 aromatic rings. The van der Waals surface area contributed by atoms with Crippen LogP contribution in [0.5, 0.6) is 0 Å². The molecule has 0 saturated heterocycles. The summed E-state index contributed by atoms with van der Waals surface area (Å²) in [6.45, 7) is 4.06. The number of hydrogen-bond acceptors (Lipinski definition) is 4. The minimum atomic E-state index is -0.641. The molecule has 0 bridgehead atoms. The molecular weight excluding hydrogens is 296 g/mol. The number of carbonyl (C=O) groups excluding carboxylic acids is 1. The predicted octanol–water partition coefficient (Wildman–Crippen LogP) is 2.78. The van der Waals surface area contributed by atoms with Gasteiger partial charge in [-0.3, -0.25) is 14.9 Å². The lowest BCUT2D eigenvalue weighted by molar-refractivity contribution is -0.384. The van der Waals surface area contributed by atoms with E-state index in [0.29, 0.717) is 0 Å². The molecule has 0 radical (unpaired) electrons. The molecule has 1 amide bonds. The largest absolute Gasteiger partial charge is 0.391 e. The molecule has 0 aromatic heterocycles. The van der Waals surface area contributed by atoms with Crippen molar-refractivity contribution in [3.63, 3.8) is 0 Å². The summed E-state index contributed by atoms with van der Waals surface area (Å²) in [5.74, 6) is -0.357. The molecule has 0 aliphatic heterocycles. The van der Waals surface area contributed by atoms with Gasteiger partial charge >= 0.3 is 0 Å². The van der Waals surface area contributed by atoms with Crippen molar-refractivity contribution >= 4 is 23.2 Å². The van der Waals surface area contributed by atoms with Crippen LogP contribution in [0.4, 0.5) is 5.69 Å². The van der Waals surface area contributed by atoms with Gasteiger partial charge in [0.25, 0.3) is 11.6 Å². The number of halogens is 1. The van der Waals surface area contributed by atoms with E-state index in [1.54, 1.807) is 0 Å². The second-order valence-corrected chi connectivity index (χ2v) is 5.18. The lowest BCUT2D eigenvalue weighted by Crippen LogP contribution is -2.36. The number of nitrogens with zero attached hydrogens (tertiary/aromatic N) is 1. The Bertz CT molecular complexity index is 518. The predicted molar refractivity (Wildman–Crippen MR) is 80.5 cm³/mol. The lowest BCUT2D eigenvalue weighted by atomic mass is 9.96. The fourth-order valence-corrected chi connectivity index (χ4v) is 2.28. The Morgan fingerprint density at radius 3 is 2.57 bits per heavy atom. The van der Waals surface area contributed by atoms with Crippen molar-refractivity contribution in [2.24, 2.45) is 5.92 Å². The smallest absolute Gasteiger partial charge is 0.288 e. The van der Waals surface area contributed by atoms with Crippen molar-refractivity contribution in [2.75, 3.05) is 6.54 Å². The Kier molecular flexibility index (Phi) is 6.58. The molecule has 21 heavy (non-hydrogen) atoms. The van der Waals surface area contributed by atoms with Crippen molar-refractivity contribution in [3.8, 4) is 0 Å². The average molecular weight is 315 g/mol. The topological polar surface area (TPSA) is 92.5 Å². The van der Waals surface area contributed by atoms with Gasteiger partial charge in [0.15, 0.2) is 0 Å². The number of amides is 1.